The van der Waals surface area contributed by atoms with Gasteiger partial charge in [0.2, 0.25) is 0 Å². The lowest BCUT2D eigenvalue weighted by atomic mass is 9.59. The smallest absolute Gasteiger partial charge is 0.128 e. The van der Waals surface area contributed by atoms with Gasteiger partial charge in [0.05, 0.1) is 0 Å². The van der Waals surface area contributed by atoms with E-state index in [1.165, 1.54) is 12.1 Å². The van der Waals surface area contributed by atoms with Crippen molar-refractivity contribution >= 4 is 15.9 Å². The van der Waals surface area contributed by atoms with Crippen LogP contribution >= 0.6 is 15.9 Å². The summed E-state index contributed by atoms with van der Waals surface area (Å²) >= 11 is 3.27. The lowest BCUT2D eigenvalue weighted by Crippen LogP contribution is -2.62. The number of benzene rings is 1. The first-order valence-electron chi connectivity index (χ1n) is 6.40. The van der Waals surface area contributed by atoms with Gasteiger partial charge in [0.25, 0.3) is 0 Å². The van der Waals surface area contributed by atoms with Crippen molar-refractivity contribution < 1.29 is 9.13 Å². The van der Waals surface area contributed by atoms with Gasteiger partial charge in [-0.05, 0) is 25.0 Å². The maximum Gasteiger partial charge on any atom is 0.128 e. The molecule has 0 aliphatic heterocycles. The average molecular weight is 316 g/mol. The molecule has 2 nitrogen and oxygen atoms in total. The van der Waals surface area contributed by atoms with Gasteiger partial charge >= 0.3 is 0 Å². The normalized spacial score (nSPS) is 25.6. The second kappa shape index (κ2) is 5.17. The summed E-state index contributed by atoms with van der Waals surface area (Å²) < 4.78 is 19.9. The molecule has 1 aliphatic carbocycles. The van der Waals surface area contributed by atoms with Gasteiger partial charge in [0, 0.05) is 28.4 Å². The van der Waals surface area contributed by atoms with Crippen LogP contribution in [0.15, 0.2) is 22.7 Å². The van der Waals surface area contributed by atoms with Crippen LogP contribution in [0.4, 0.5) is 4.39 Å². The van der Waals surface area contributed by atoms with Crippen LogP contribution in [0.1, 0.15) is 33.1 Å². The van der Waals surface area contributed by atoms with Crippen molar-refractivity contribution in [1.82, 2.24) is 0 Å². The molecule has 2 rings (SSSR count). The summed E-state index contributed by atoms with van der Waals surface area (Å²) in [6, 6.07) is 4.83. The molecule has 2 atom stereocenters. The molecule has 0 heterocycles. The van der Waals surface area contributed by atoms with Crippen LogP contribution in [0.5, 0.6) is 5.75 Å². The Morgan fingerprint density at radius 1 is 1.39 bits per heavy atom. The third kappa shape index (κ3) is 2.28. The van der Waals surface area contributed by atoms with Gasteiger partial charge < -0.3 is 10.5 Å². The van der Waals surface area contributed by atoms with Gasteiger partial charge in [0.15, 0.2) is 0 Å². The molecule has 2 N–H and O–H groups in total. The Balaban J connectivity index is 2.15. The van der Waals surface area contributed by atoms with Crippen LogP contribution in [0.25, 0.3) is 0 Å². The Labute approximate surface area is 116 Å². The zero-order valence-electron chi connectivity index (χ0n) is 10.7. The molecule has 2 unspecified atom stereocenters. The van der Waals surface area contributed by atoms with E-state index in [9.17, 15) is 4.39 Å². The van der Waals surface area contributed by atoms with Crippen molar-refractivity contribution in [2.75, 3.05) is 0 Å². The maximum absolute atomic E-state index is 13.3. The third-order valence-corrected chi connectivity index (χ3v) is 4.74. The van der Waals surface area contributed by atoms with Crippen LogP contribution in [0, 0.1) is 11.2 Å². The molecule has 1 aliphatic rings. The molecule has 1 saturated carbocycles. The van der Waals surface area contributed by atoms with Gasteiger partial charge in [-0.15, -0.1) is 0 Å². The van der Waals surface area contributed by atoms with Crippen molar-refractivity contribution in [2.24, 2.45) is 11.1 Å². The lowest BCUT2D eigenvalue weighted by molar-refractivity contribution is -0.0723. The number of ether oxygens (including phenoxy) is 1. The van der Waals surface area contributed by atoms with Gasteiger partial charge in [-0.1, -0.05) is 29.8 Å². The monoisotopic (exact) mass is 315 g/mol. The minimum absolute atomic E-state index is 0.0405. The molecule has 0 radical (unpaired) electrons. The van der Waals surface area contributed by atoms with E-state index in [1.807, 2.05) is 0 Å². The summed E-state index contributed by atoms with van der Waals surface area (Å²) in [7, 11) is 0. The summed E-state index contributed by atoms with van der Waals surface area (Å²) in [5, 5.41) is 0. The Morgan fingerprint density at radius 2 is 2.06 bits per heavy atom. The molecule has 0 saturated heterocycles. The van der Waals surface area contributed by atoms with Crippen LogP contribution in [-0.4, -0.2) is 12.1 Å². The molecule has 0 bridgehead atoms. The highest BCUT2D eigenvalue weighted by Gasteiger charge is 2.52. The summed E-state index contributed by atoms with van der Waals surface area (Å²) in [5.74, 6) is 0.284. The molecule has 0 amide bonds. The molecule has 1 aromatic rings. The summed E-state index contributed by atoms with van der Waals surface area (Å²) in [6.07, 6.45) is 2.92. The Kier molecular flexibility index (Phi) is 3.97. The first-order valence-corrected chi connectivity index (χ1v) is 7.19. The van der Waals surface area contributed by atoms with Crippen LogP contribution in [0.2, 0.25) is 0 Å². The lowest BCUT2D eigenvalue weighted by Gasteiger charge is -2.53. The molecular formula is C14H19BrFNO. The van der Waals surface area contributed by atoms with Gasteiger partial charge in [-0.25, -0.2) is 4.39 Å². The van der Waals surface area contributed by atoms with Crippen molar-refractivity contribution in [3.63, 3.8) is 0 Å². The van der Waals surface area contributed by atoms with E-state index in [0.29, 0.717) is 10.2 Å². The predicted octanol–water partition coefficient (Wildman–Crippen LogP) is 3.87. The summed E-state index contributed by atoms with van der Waals surface area (Å²) in [4.78, 5) is 0. The predicted molar refractivity (Wildman–Crippen MR) is 74.1 cm³/mol. The topological polar surface area (TPSA) is 35.2 Å². The average Bonchev–Trinajstić information content (AvgIpc) is 2.29. The quantitative estimate of drug-likeness (QED) is 0.915. The van der Waals surface area contributed by atoms with Crippen LogP contribution < -0.4 is 10.5 Å². The SMILES string of the molecule is CCC1(CC)C(N)CC1Oc1cc(F)cc(Br)c1. The van der Waals surface area contributed by atoms with E-state index in [4.69, 9.17) is 10.5 Å². The minimum Gasteiger partial charge on any atom is -0.490 e. The fourth-order valence-corrected chi connectivity index (χ4v) is 3.38. The van der Waals surface area contributed by atoms with E-state index in [2.05, 4.69) is 29.8 Å². The molecule has 0 aromatic heterocycles. The summed E-state index contributed by atoms with van der Waals surface area (Å²) in [6.45, 7) is 4.28. The molecule has 1 fully saturated rings. The molecule has 0 spiro atoms. The standard InChI is InChI=1S/C14H19BrFNO/c1-3-14(4-2)12(17)8-13(14)18-11-6-9(15)5-10(16)7-11/h5-7,12-13H,3-4,8,17H2,1-2H3. The third-order valence-electron chi connectivity index (χ3n) is 4.28. The number of hydrogen-bond acceptors (Lipinski definition) is 2. The first kappa shape index (κ1) is 13.8. The second-order valence-corrected chi connectivity index (χ2v) is 5.91. The Bertz CT molecular complexity index is 414. The zero-order chi connectivity index (χ0) is 13.3. The Morgan fingerprint density at radius 3 is 2.56 bits per heavy atom. The van der Waals surface area contributed by atoms with E-state index < -0.39 is 0 Å². The van der Waals surface area contributed by atoms with Crippen molar-refractivity contribution in [1.29, 1.82) is 0 Å². The second-order valence-electron chi connectivity index (χ2n) is 4.99. The van der Waals surface area contributed by atoms with Crippen molar-refractivity contribution in [2.45, 2.75) is 45.3 Å². The highest BCUT2D eigenvalue weighted by molar-refractivity contribution is 9.10. The molecule has 4 heteroatoms. The van der Waals surface area contributed by atoms with E-state index in [-0.39, 0.29) is 23.4 Å². The first-order chi connectivity index (χ1) is 8.51. The Hall–Kier alpha value is -0.610. The minimum atomic E-state index is -0.290. The van der Waals surface area contributed by atoms with Crippen molar-refractivity contribution in [3.8, 4) is 5.75 Å². The number of nitrogens with two attached hydrogens (primary N) is 1. The van der Waals surface area contributed by atoms with Gasteiger partial charge in [-0.2, -0.15) is 0 Å². The van der Waals surface area contributed by atoms with Crippen molar-refractivity contribution in [3.05, 3.63) is 28.5 Å². The van der Waals surface area contributed by atoms with E-state index in [0.717, 1.165) is 19.3 Å². The number of halogens is 2. The van der Waals surface area contributed by atoms with E-state index >= 15 is 0 Å². The largest absolute Gasteiger partial charge is 0.490 e. The highest BCUT2D eigenvalue weighted by atomic mass is 79.9. The number of rotatable bonds is 4. The fraction of sp³-hybridized carbons (Fsp3) is 0.571. The maximum atomic E-state index is 13.3. The molecule has 100 valence electrons. The highest BCUT2D eigenvalue weighted by Crippen LogP contribution is 2.48. The van der Waals surface area contributed by atoms with Crippen LogP contribution in [-0.2, 0) is 0 Å². The van der Waals surface area contributed by atoms with Gasteiger partial charge in [0.1, 0.15) is 17.7 Å². The van der Waals surface area contributed by atoms with E-state index in [1.54, 1.807) is 6.07 Å². The number of hydrogen-bond donors (Lipinski definition) is 1. The van der Waals surface area contributed by atoms with Crippen LogP contribution in [0.3, 0.4) is 0 Å². The zero-order valence-corrected chi connectivity index (χ0v) is 12.3. The molecule has 1 aromatic carbocycles. The molecular weight excluding hydrogens is 297 g/mol. The fourth-order valence-electron chi connectivity index (χ4n) is 2.93. The molecule has 18 heavy (non-hydrogen) atoms. The summed E-state index contributed by atoms with van der Waals surface area (Å²) in [5.41, 5.74) is 6.16. The van der Waals surface area contributed by atoms with Gasteiger partial charge in [-0.3, -0.25) is 0 Å².